The molecule has 26 heavy (non-hydrogen) atoms. The minimum atomic E-state index is 1.09. The minimum Gasteiger partial charge on any atom is -0.136 e. The van der Waals surface area contributed by atoms with Crippen LogP contribution >= 0.6 is 46.2 Å². The molecule has 3 aromatic rings. The van der Waals surface area contributed by atoms with Crippen LogP contribution in [0.1, 0.15) is 35.0 Å². The SMILES string of the molecule is CCSc1sc(C)c(C)[n+]1-c1ccccc1-[n+]1c(SCC)sc(C)c1C. The Morgan fingerprint density at radius 1 is 0.731 bits per heavy atom. The van der Waals surface area contributed by atoms with Crippen LogP contribution in [0.5, 0.6) is 0 Å². The first-order valence-corrected chi connectivity index (χ1v) is 12.5. The lowest BCUT2D eigenvalue weighted by atomic mass is 10.2. The van der Waals surface area contributed by atoms with Crippen molar-refractivity contribution >= 4 is 46.2 Å². The number of aryl methyl sites for hydroxylation is 2. The number of rotatable bonds is 6. The van der Waals surface area contributed by atoms with Gasteiger partial charge in [0.25, 0.3) is 11.4 Å². The zero-order chi connectivity index (χ0) is 18.8. The number of hydrogen-bond acceptors (Lipinski definition) is 4. The van der Waals surface area contributed by atoms with Crippen LogP contribution in [0.3, 0.4) is 0 Å². The Hall–Kier alpha value is -0.820. The maximum atomic E-state index is 2.45. The molecule has 0 amide bonds. The largest absolute Gasteiger partial charge is 0.303 e. The first-order valence-electron chi connectivity index (χ1n) is 8.89. The molecule has 6 heteroatoms. The van der Waals surface area contributed by atoms with E-state index in [4.69, 9.17) is 0 Å². The molecule has 0 aliphatic rings. The average molecular weight is 423 g/mol. The summed E-state index contributed by atoms with van der Waals surface area (Å²) in [6.07, 6.45) is 0. The van der Waals surface area contributed by atoms with E-state index in [1.165, 1.54) is 41.2 Å². The van der Waals surface area contributed by atoms with Crippen LogP contribution in [-0.4, -0.2) is 11.5 Å². The molecule has 0 aliphatic heterocycles. The molecular formula is C20H26N2S4+2. The summed E-state index contributed by atoms with van der Waals surface area (Å²) < 4.78 is 7.63. The van der Waals surface area contributed by atoms with Gasteiger partial charge in [0.15, 0.2) is 11.4 Å². The van der Waals surface area contributed by atoms with Gasteiger partial charge in [0.05, 0.1) is 9.75 Å². The smallest absolute Gasteiger partial charge is 0.136 e. The molecule has 2 heterocycles. The number of nitrogens with zero attached hydrogens (tertiary/aromatic N) is 2. The topological polar surface area (TPSA) is 7.76 Å². The Balaban J connectivity index is 2.27. The van der Waals surface area contributed by atoms with Gasteiger partial charge in [-0.3, -0.25) is 0 Å². The minimum absolute atomic E-state index is 1.09. The van der Waals surface area contributed by atoms with Crippen molar-refractivity contribution in [2.24, 2.45) is 0 Å². The zero-order valence-corrected chi connectivity index (χ0v) is 19.5. The molecule has 138 valence electrons. The lowest BCUT2D eigenvalue weighted by Gasteiger charge is -2.03. The molecule has 0 saturated carbocycles. The molecule has 2 aromatic heterocycles. The van der Waals surface area contributed by atoms with Crippen molar-refractivity contribution < 1.29 is 9.13 Å². The second-order valence-corrected chi connectivity index (χ2v) is 11.5. The zero-order valence-electron chi connectivity index (χ0n) is 16.3. The summed E-state index contributed by atoms with van der Waals surface area (Å²) >= 11 is 7.66. The van der Waals surface area contributed by atoms with Gasteiger partial charge in [-0.2, -0.15) is 0 Å². The standard InChI is InChI=1S/C20H26N2S4/c1-7-23-19-21(13(3)15(5)25-19)17-11-9-10-12-18(17)22-14(4)16(6)26-20(22)24-8-2/h9-12H,7-8H2,1-6H3/q+2. The molecule has 1 aromatic carbocycles. The molecule has 3 rings (SSSR count). The second kappa shape index (κ2) is 8.46. The highest BCUT2D eigenvalue weighted by Crippen LogP contribution is 2.30. The van der Waals surface area contributed by atoms with E-state index in [0.717, 1.165) is 11.5 Å². The molecule has 0 fully saturated rings. The van der Waals surface area contributed by atoms with Crippen LogP contribution < -0.4 is 9.13 Å². The van der Waals surface area contributed by atoms with Crippen molar-refractivity contribution in [2.75, 3.05) is 11.5 Å². The van der Waals surface area contributed by atoms with Gasteiger partial charge in [-0.15, -0.1) is 9.13 Å². The van der Waals surface area contributed by atoms with E-state index in [0.29, 0.717) is 0 Å². The third kappa shape index (κ3) is 3.61. The van der Waals surface area contributed by atoms with E-state index in [2.05, 4.69) is 74.9 Å². The lowest BCUT2D eigenvalue weighted by Crippen LogP contribution is -2.42. The van der Waals surface area contributed by atoms with E-state index in [1.54, 1.807) is 0 Å². The fourth-order valence-corrected chi connectivity index (χ4v) is 7.73. The highest BCUT2D eigenvalue weighted by atomic mass is 32.2. The van der Waals surface area contributed by atoms with Crippen molar-refractivity contribution in [2.45, 2.75) is 50.2 Å². The van der Waals surface area contributed by atoms with Gasteiger partial charge in [0.2, 0.25) is 0 Å². The first-order chi connectivity index (χ1) is 12.5. The Morgan fingerprint density at radius 2 is 1.12 bits per heavy atom. The summed E-state index contributed by atoms with van der Waals surface area (Å²) in [6, 6.07) is 8.82. The molecule has 0 unspecified atom stereocenters. The molecule has 2 nitrogen and oxygen atoms in total. The average Bonchev–Trinajstić information content (AvgIpc) is 3.05. The monoisotopic (exact) mass is 422 g/mol. The van der Waals surface area contributed by atoms with Crippen molar-refractivity contribution in [3.8, 4) is 11.4 Å². The Labute approximate surface area is 173 Å². The number of benzene rings is 1. The lowest BCUT2D eigenvalue weighted by molar-refractivity contribution is -0.671. The quantitative estimate of drug-likeness (QED) is 0.365. The fraction of sp³-hybridized carbons (Fsp3) is 0.400. The number of thioether (sulfide) groups is 2. The fourth-order valence-electron chi connectivity index (χ4n) is 2.93. The van der Waals surface area contributed by atoms with Crippen LogP contribution in [0.15, 0.2) is 32.9 Å². The van der Waals surface area contributed by atoms with Crippen molar-refractivity contribution in [3.63, 3.8) is 0 Å². The van der Waals surface area contributed by atoms with E-state index >= 15 is 0 Å². The maximum Gasteiger partial charge on any atom is 0.303 e. The Kier molecular flexibility index (Phi) is 6.49. The summed E-state index contributed by atoms with van der Waals surface area (Å²) in [4.78, 5) is 2.78. The summed E-state index contributed by atoms with van der Waals surface area (Å²) in [5, 5.41) is 0. The first kappa shape index (κ1) is 19.9. The molecule has 0 aliphatic carbocycles. The molecule has 0 spiro atoms. The van der Waals surface area contributed by atoms with Crippen molar-refractivity contribution in [3.05, 3.63) is 45.4 Å². The van der Waals surface area contributed by atoms with Crippen LogP contribution in [0.25, 0.3) is 11.4 Å². The van der Waals surface area contributed by atoms with Gasteiger partial charge >= 0.3 is 8.68 Å². The van der Waals surface area contributed by atoms with Crippen LogP contribution in [0.4, 0.5) is 0 Å². The van der Waals surface area contributed by atoms with Gasteiger partial charge in [0, 0.05) is 37.5 Å². The van der Waals surface area contributed by atoms with Gasteiger partial charge < -0.3 is 0 Å². The molecule has 0 bridgehead atoms. The predicted molar refractivity (Wildman–Crippen MR) is 117 cm³/mol. The molecule has 0 saturated heterocycles. The van der Waals surface area contributed by atoms with E-state index in [-0.39, 0.29) is 0 Å². The number of para-hydroxylation sites is 2. The normalized spacial score (nSPS) is 11.3. The van der Waals surface area contributed by atoms with Crippen LogP contribution in [0.2, 0.25) is 0 Å². The van der Waals surface area contributed by atoms with Gasteiger partial charge in [0.1, 0.15) is 0 Å². The van der Waals surface area contributed by atoms with E-state index in [1.807, 2.05) is 46.2 Å². The highest BCUT2D eigenvalue weighted by molar-refractivity contribution is 8.01. The maximum absolute atomic E-state index is 2.45. The third-order valence-corrected chi connectivity index (χ3v) is 9.00. The van der Waals surface area contributed by atoms with E-state index < -0.39 is 0 Å². The Morgan fingerprint density at radius 3 is 1.46 bits per heavy atom. The summed E-state index contributed by atoms with van der Waals surface area (Å²) in [7, 11) is 0. The molecule has 0 radical (unpaired) electrons. The number of hydrogen-bond donors (Lipinski definition) is 0. The van der Waals surface area contributed by atoms with Crippen LogP contribution in [-0.2, 0) is 0 Å². The summed E-state index contributed by atoms with van der Waals surface area (Å²) in [5.41, 5.74) is 5.23. The summed E-state index contributed by atoms with van der Waals surface area (Å²) in [5.74, 6) is 2.17. The number of thiazole rings is 2. The molecule has 0 atom stereocenters. The van der Waals surface area contributed by atoms with Gasteiger partial charge in [-0.05, 0) is 37.4 Å². The summed E-state index contributed by atoms with van der Waals surface area (Å²) in [6.45, 7) is 13.4. The second-order valence-electron chi connectivity index (χ2n) is 6.04. The van der Waals surface area contributed by atoms with Crippen molar-refractivity contribution in [1.29, 1.82) is 0 Å². The third-order valence-electron chi connectivity index (χ3n) is 4.43. The van der Waals surface area contributed by atoms with E-state index in [9.17, 15) is 0 Å². The Bertz CT molecular complexity index is 849. The van der Waals surface area contributed by atoms with Gasteiger partial charge in [-0.1, -0.05) is 48.7 Å². The predicted octanol–water partition coefficient (Wildman–Crippen LogP) is 5.82. The van der Waals surface area contributed by atoms with Crippen LogP contribution in [0, 0.1) is 27.7 Å². The highest BCUT2D eigenvalue weighted by Gasteiger charge is 2.33. The molecular weight excluding hydrogens is 397 g/mol. The molecule has 0 N–H and O–H groups in total. The van der Waals surface area contributed by atoms with Gasteiger partial charge in [-0.25, -0.2) is 0 Å². The van der Waals surface area contributed by atoms with Crippen molar-refractivity contribution in [1.82, 2.24) is 0 Å². The number of aromatic nitrogens is 2.